The van der Waals surface area contributed by atoms with E-state index < -0.39 is 5.91 Å². The first-order valence-corrected chi connectivity index (χ1v) is 10.2. The van der Waals surface area contributed by atoms with Crippen molar-refractivity contribution in [2.75, 3.05) is 7.11 Å². The van der Waals surface area contributed by atoms with Crippen LogP contribution < -0.4 is 20.5 Å². The Bertz CT molecular complexity index is 1160. The van der Waals surface area contributed by atoms with Crippen LogP contribution in [-0.2, 0) is 11.3 Å². The molecular weight excluding hydrogens is 404 g/mol. The molecule has 0 fully saturated rings. The fraction of sp³-hybridized carbons (Fsp3) is 0.333. The summed E-state index contributed by atoms with van der Waals surface area (Å²) in [7, 11) is 1.56. The van der Waals surface area contributed by atoms with E-state index in [1.165, 1.54) is 28.4 Å². The molecule has 1 N–H and O–H groups in total. The largest absolute Gasteiger partial charge is 0.493 e. The number of carbonyl (C=O) groups is 1. The van der Waals surface area contributed by atoms with Crippen molar-refractivity contribution < 1.29 is 14.3 Å². The van der Waals surface area contributed by atoms with Gasteiger partial charge < -0.3 is 9.47 Å². The van der Waals surface area contributed by atoms with Gasteiger partial charge in [-0.25, -0.2) is 10.4 Å². The van der Waals surface area contributed by atoms with Crippen molar-refractivity contribution in [3.05, 3.63) is 50.9 Å². The number of aromatic nitrogens is 2. The zero-order valence-electron chi connectivity index (χ0n) is 17.6. The summed E-state index contributed by atoms with van der Waals surface area (Å²) in [5.74, 6) is 0.784. The summed E-state index contributed by atoms with van der Waals surface area (Å²) in [6.45, 7) is 7.53. The number of hydrazone groups is 1. The zero-order chi connectivity index (χ0) is 21.8. The first-order valence-electron chi connectivity index (χ1n) is 9.42. The first kappa shape index (κ1) is 21.5. The fourth-order valence-electron chi connectivity index (χ4n) is 2.87. The second kappa shape index (κ2) is 9.08. The standard InChI is InChI=1S/C21H24N4O4S/c1-12(2)29-16-7-6-15(8-17(16)28-5)9-23-24-18(26)10-25-11-22-20-19(21(25)27)13(3)14(4)30-20/h6-9,11-12H,10H2,1-5H3,(H,24,26)/b23-9-. The minimum Gasteiger partial charge on any atom is -0.493 e. The Labute approximate surface area is 178 Å². The lowest BCUT2D eigenvalue weighted by Gasteiger charge is -2.13. The van der Waals surface area contributed by atoms with Crippen LogP contribution in [0.1, 0.15) is 29.9 Å². The van der Waals surface area contributed by atoms with Crippen LogP contribution in [0.15, 0.2) is 34.4 Å². The van der Waals surface area contributed by atoms with Gasteiger partial charge >= 0.3 is 0 Å². The Hall–Kier alpha value is -3.20. The molecule has 1 amide bonds. The molecular formula is C21H24N4O4S. The summed E-state index contributed by atoms with van der Waals surface area (Å²) < 4.78 is 12.3. The van der Waals surface area contributed by atoms with Gasteiger partial charge in [-0.3, -0.25) is 14.2 Å². The van der Waals surface area contributed by atoms with Crippen molar-refractivity contribution in [3.63, 3.8) is 0 Å². The summed E-state index contributed by atoms with van der Waals surface area (Å²) in [6, 6.07) is 5.35. The molecule has 0 spiro atoms. The SMILES string of the molecule is COc1cc(/C=N\NC(=O)Cn2cnc3sc(C)c(C)c3c2=O)ccc1OC(C)C. The van der Waals surface area contributed by atoms with Crippen LogP contribution in [0, 0.1) is 13.8 Å². The fourth-order valence-corrected chi connectivity index (χ4v) is 3.85. The number of hydrogen-bond acceptors (Lipinski definition) is 7. The lowest BCUT2D eigenvalue weighted by atomic mass is 10.2. The normalized spacial score (nSPS) is 11.4. The molecule has 1 aromatic carbocycles. The summed E-state index contributed by atoms with van der Waals surface area (Å²) in [4.78, 5) is 30.9. The Balaban J connectivity index is 1.68. The highest BCUT2D eigenvalue weighted by molar-refractivity contribution is 7.18. The molecule has 0 aliphatic heterocycles. The maximum Gasteiger partial charge on any atom is 0.262 e. The molecule has 0 unspecified atom stereocenters. The maximum absolute atomic E-state index is 12.7. The van der Waals surface area contributed by atoms with E-state index in [1.54, 1.807) is 25.3 Å². The molecule has 2 aromatic heterocycles. The third kappa shape index (κ3) is 4.68. The van der Waals surface area contributed by atoms with Gasteiger partial charge in [0.05, 0.1) is 31.1 Å². The van der Waals surface area contributed by atoms with Crippen LogP contribution in [0.5, 0.6) is 11.5 Å². The average molecular weight is 429 g/mol. The number of thiophene rings is 1. The molecule has 0 aliphatic rings. The molecule has 0 saturated carbocycles. The molecule has 158 valence electrons. The van der Waals surface area contributed by atoms with E-state index in [0.29, 0.717) is 21.7 Å². The number of carbonyl (C=O) groups excluding carboxylic acids is 1. The Kier molecular flexibility index (Phi) is 6.51. The summed E-state index contributed by atoms with van der Waals surface area (Å²) >= 11 is 1.47. The van der Waals surface area contributed by atoms with Crippen LogP contribution >= 0.6 is 11.3 Å². The van der Waals surface area contributed by atoms with E-state index in [1.807, 2.05) is 27.7 Å². The van der Waals surface area contributed by atoms with Gasteiger partial charge in [0, 0.05) is 4.88 Å². The van der Waals surface area contributed by atoms with E-state index in [4.69, 9.17) is 9.47 Å². The van der Waals surface area contributed by atoms with Crippen molar-refractivity contribution in [2.24, 2.45) is 5.10 Å². The molecule has 3 rings (SSSR count). The monoisotopic (exact) mass is 428 g/mol. The number of aryl methyl sites for hydroxylation is 2. The number of nitrogens with one attached hydrogen (secondary N) is 1. The number of fused-ring (bicyclic) bond motifs is 1. The van der Waals surface area contributed by atoms with Gasteiger partial charge in [-0.1, -0.05) is 0 Å². The number of nitrogens with zero attached hydrogens (tertiary/aromatic N) is 3. The van der Waals surface area contributed by atoms with E-state index in [-0.39, 0.29) is 18.2 Å². The number of hydrogen-bond donors (Lipinski definition) is 1. The maximum atomic E-state index is 12.7. The van der Waals surface area contributed by atoms with Gasteiger partial charge in [-0.05, 0) is 57.0 Å². The van der Waals surface area contributed by atoms with Crippen molar-refractivity contribution >= 4 is 33.7 Å². The molecule has 3 aromatic rings. The number of rotatable bonds is 7. The van der Waals surface area contributed by atoms with Gasteiger partial charge in [-0.15, -0.1) is 11.3 Å². The van der Waals surface area contributed by atoms with Crippen LogP contribution in [0.25, 0.3) is 10.2 Å². The molecule has 30 heavy (non-hydrogen) atoms. The third-order valence-corrected chi connectivity index (χ3v) is 5.54. The number of ether oxygens (including phenoxy) is 2. The highest BCUT2D eigenvalue weighted by Crippen LogP contribution is 2.28. The quantitative estimate of drug-likeness (QED) is 0.461. The van der Waals surface area contributed by atoms with Crippen LogP contribution in [-0.4, -0.2) is 34.9 Å². The molecule has 9 heteroatoms. The average Bonchev–Trinajstić information content (AvgIpc) is 2.99. The molecule has 8 nitrogen and oxygen atoms in total. The molecule has 0 atom stereocenters. The Morgan fingerprint density at radius 3 is 2.80 bits per heavy atom. The molecule has 0 saturated heterocycles. The van der Waals surface area contributed by atoms with Crippen LogP contribution in [0.4, 0.5) is 0 Å². The molecule has 0 radical (unpaired) electrons. The zero-order valence-corrected chi connectivity index (χ0v) is 18.4. The number of amides is 1. The van der Waals surface area contributed by atoms with Gasteiger partial charge in [0.2, 0.25) is 0 Å². The number of methoxy groups -OCH3 is 1. The van der Waals surface area contributed by atoms with E-state index in [2.05, 4.69) is 15.5 Å². The van der Waals surface area contributed by atoms with Crippen LogP contribution in [0.3, 0.4) is 0 Å². The molecule has 2 heterocycles. The van der Waals surface area contributed by atoms with Gasteiger partial charge in [-0.2, -0.15) is 5.10 Å². The van der Waals surface area contributed by atoms with Crippen molar-refractivity contribution in [3.8, 4) is 11.5 Å². The minimum atomic E-state index is -0.425. The third-order valence-electron chi connectivity index (χ3n) is 4.42. The van der Waals surface area contributed by atoms with E-state index in [0.717, 1.165) is 16.0 Å². The minimum absolute atomic E-state index is 0.0246. The Morgan fingerprint density at radius 1 is 1.33 bits per heavy atom. The van der Waals surface area contributed by atoms with Crippen molar-refractivity contribution in [1.29, 1.82) is 0 Å². The van der Waals surface area contributed by atoms with Gasteiger partial charge in [0.25, 0.3) is 11.5 Å². The lowest BCUT2D eigenvalue weighted by Crippen LogP contribution is -2.30. The van der Waals surface area contributed by atoms with Crippen molar-refractivity contribution in [1.82, 2.24) is 15.0 Å². The van der Waals surface area contributed by atoms with Gasteiger partial charge in [0.15, 0.2) is 11.5 Å². The smallest absolute Gasteiger partial charge is 0.262 e. The summed E-state index contributed by atoms with van der Waals surface area (Å²) in [6.07, 6.45) is 2.91. The predicted octanol–water partition coefficient (Wildman–Crippen LogP) is 3.02. The second-order valence-electron chi connectivity index (χ2n) is 7.01. The molecule has 0 aliphatic carbocycles. The highest BCUT2D eigenvalue weighted by atomic mass is 32.1. The topological polar surface area (TPSA) is 94.8 Å². The second-order valence-corrected chi connectivity index (χ2v) is 8.21. The molecule has 0 bridgehead atoms. The van der Waals surface area contributed by atoms with Crippen LogP contribution in [0.2, 0.25) is 0 Å². The Morgan fingerprint density at radius 2 is 2.10 bits per heavy atom. The van der Waals surface area contributed by atoms with E-state index in [9.17, 15) is 9.59 Å². The predicted molar refractivity (Wildman–Crippen MR) is 118 cm³/mol. The van der Waals surface area contributed by atoms with Gasteiger partial charge in [0.1, 0.15) is 11.4 Å². The lowest BCUT2D eigenvalue weighted by molar-refractivity contribution is -0.121. The number of benzene rings is 1. The van der Waals surface area contributed by atoms with Crippen molar-refractivity contribution in [2.45, 2.75) is 40.3 Å². The van der Waals surface area contributed by atoms with E-state index >= 15 is 0 Å². The highest BCUT2D eigenvalue weighted by Gasteiger charge is 2.13. The first-order chi connectivity index (χ1) is 14.3. The summed E-state index contributed by atoms with van der Waals surface area (Å²) in [5.41, 5.74) is 3.83. The summed E-state index contributed by atoms with van der Waals surface area (Å²) in [5, 5.41) is 4.52.